The van der Waals surface area contributed by atoms with Crippen LogP contribution in [-0.2, 0) is 19.1 Å². The van der Waals surface area contributed by atoms with E-state index in [1.165, 1.54) is 19.3 Å². The van der Waals surface area contributed by atoms with Gasteiger partial charge in [0.25, 0.3) is 5.91 Å². The number of nitrogens with one attached hydrogen (secondary N) is 3. The van der Waals surface area contributed by atoms with E-state index in [9.17, 15) is 19.2 Å². The van der Waals surface area contributed by atoms with Crippen LogP contribution in [-0.4, -0.2) is 42.5 Å². The van der Waals surface area contributed by atoms with Gasteiger partial charge in [-0.15, -0.1) is 0 Å². The van der Waals surface area contributed by atoms with Gasteiger partial charge in [0.05, 0.1) is 0 Å². The zero-order chi connectivity index (χ0) is 21.3. The van der Waals surface area contributed by atoms with Gasteiger partial charge in [-0.25, -0.2) is 9.59 Å². The first-order chi connectivity index (χ1) is 14.3. The molecule has 5 aliphatic rings. The van der Waals surface area contributed by atoms with Gasteiger partial charge in [0, 0.05) is 11.5 Å². The van der Waals surface area contributed by atoms with Crippen molar-refractivity contribution in [2.24, 2.45) is 23.2 Å². The fraction of sp³-hybridized carbons (Fsp3) is 0.818. The first kappa shape index (κ1) is 21.1. The highest BCUT2D eigenvalue weighted by Crippen LogP contribution is 2.60. The Bertz CT molecular complexity index is 680. The Hall–Kier alpha value is -2.12. The van der Waals surface area contributed by atoms with Gasteiger partial charge in [-0.2, -0.15) is 0 Å². The summed E-state index contributed by atoms with van der Waals surface area (Å²) in [6.45, 7) is 1.03. The summed E-state index contributed by atoms with van der Waals surface area (Å²) in [7, 11) is 0. The molecule has 4 bridgehead atoms. The van der Waals surface area contributed by atoms with E-state index in [1.807, 2.05) is 0 Å². The van der Waals surface area contributed by atoms with E-state index in [1.54, 1.807) is 6.92 Å². The van der Waals surface area contributed by atoms with E-state index in [0.29, 0.717) is 17.8 Å². The molecule has 166 valence electrons. The molecule has 0 aromatic heterocycles. The molecule has 8 heteroatoms. The van der Waals surface area contributed by atoms with Gasteiger partial charge < -0.3 is 15.4 Å². The van der Waals surface area contributed by atoms with Crippen LogP contribution in [0.2, 0.25) is 0 Å². The SMILES string of the molecule is C[C@H](NC(=O)C12CC3CC(CC(C3)C1)C2)C(=O)OCC(=O)NC(=O)NC1CCCC1. The Morgan fingerprint density at radius 3 is 2.10 bits per heavy atom. The molecule has 0 spiro atoms. The van der Waals surface area contributed by atoms with Gasteiger partial charge in [0.1, 0.15) is 6.04 Å². The summed E-state index contributed by atoms with van der Waals surface area (Å²) in [6, 6.07) is -1.29. The highest BCUT2D eigenvalue weighted by molar-refractivity contribution is 5.96. The number of hydrogen-bond acceptors (Lipinski definition) is 5. The van der Waals surface area contributed by atoms with Crippen LogP contribution < -0.4 is 16.0 Å². The molecule has 5 rings (SSSR count). The lowest BCUT2D eigenvalue weighted by Crippen LogP contribution is -2.56. The first-order valence-corrected chi connectivity index (χ1v) is 11.4. The lowest BCUT2D eigenvalue weighted by molar-refractivity contribution is -0.155. The second-order valence-electron chi connectivity index (χ2n) is 10.0. The summed E-state index contributed by atoms with van der Waals surface area (Å²) in [6.07, 6.45) is 10.5. The fourth-order valence-electron chi connectivity index (χ4n) is 6.51. The maximum atomic E-state index is 13.0. The maximum absolute atomic E-state index is 13.0. The molecule has 3 N–H and O–H groups in total. The third-order valence-electron chi connectivity index (χ3n) is 7.51. The minimum Gasteiger partial charge on any atom is -0.454 e. The molecule has 0 heterocycles. The maximum Gasteiger partial charge on any atom is 0.328 e. The van der Waals surface area contributed by atoms with Gasteiger partial charge in [0.2, 0.25) is 5.91 Å². The quantitative estimate of drug-likeness (QED) is 0.570. The molecule has 0 aromatic carbocycles. The number of ether oxygens (including phenoxy) is 1. The van der Waals surface area contributed by atoms with Crippen molar-refractivity contribution in [1.82, 2.24) is 16.0 Å². The highest BCUT2D eigenvalue weighted by atomic mass is 16.5. The Balaban J connectivity index is 1.20. The molecular formula is C22H33N3O5. The van der Waals surface area contributed by atoms with Crippen molar-refractivity contribution < 1.29 is 23.9 Å². The van der Waals surface area contributed by atoms with Crippen LogP contribution >= 0.6 is 0 Å². The number of carbonyl (C=O) groups is 4. The Kier molecular flexibility index (Phi) is 6.02. The van der Waals surface area contributed by atoms with Crippen LogP contribution in [0.1, 0.15) is 71.1 Å². The highest BCUT2D eigenvalue weighted by Gasteiger charge is 2.54. The predicted octanol–water partition coefficient (Wildman–Crippen LogP) is 2.02. The molecular weight excluding hydrogens is 386 g/mol. The Morgan fingerprint density at radius 1 is 0.967 bits per heavy atom. The van der Waals surface area contributed by atoms with E-state index in [-0.39, 0.29) is 17.4 Å². The van der Waals surface area contributed by atoms with Gasteiger partial charge in [-0.3, -0.25) is 14.9 Å². The molecule has 8 nitrogen and oxygen atoms in total. The largest absolute Gasteiger partial charge is 0.454 e. The number of hydrogen-bond donors (Lipinski definition) is 3. The summed E-state index contributed by atoms with van der Waals surface area (Å²) >= 11 is 0. The number of esters is 1. The number of rotatable bonds is 6. The summed E-state index contributed by atoms with van der Waals surface area (Å²) in [5, 5.41) is 7.74. The van der Waals surface area contributed by atoms with Crippen LogP contribution in [0.5, 0.6) is 0 Å². The number of imide groups is 1. The van der Waals surface area contributed by atoms with E-state index >= 15 is 0 Å². The van der Waals surface area contributed by atoms with Crippen LogP contribution in [0.25, 0.3) is 0 Å². The average molecular weight is 420 g/mol. The fourth-order valence-corrected chi connectivity index (χ4v) is 6.51. The van der Waals surface area contributed by atoms with Crippen molar-refractivity contribution in [3.8, 4) is 0 Å². The third-order valence-corrected chi connectivity index (χ3v) is 7.51. The first-order valence-electron chi connectivity index (χ1n) is 11.4. The smallest absolute Gasteiger partial charge is 0.328 e. The average Bonchev–Trinajstić information content (AvgIpc) is 3.17. The summed E-state index contributed by atoms with van der Waals surface area (Å²) < 4.78 is 5.01. The molecule has 0 unspecified atom stereocenters. The monoisotopic (exact) mass is 419 g/mol. The molecule has 5 aliphatic carbocycles. The second-order valence-corrected chi connectivity index (χ2v) is 10.0. The lowest BCUT2D eigenvalue weighted by atomic mass is 9.49. The molecule has 4 amide bonds. The number of carbonyl (C=O) groups excluding carboxylic acids is 4. The van der Waals surface area contributed by atoms with E-state index in [4.69, 9.17) is 4.74 Å². The number of urea groups is 1. The van der Waals surface area contributed by atoms with Crippen molar-refractivity contribution >= 4 is 23.8 Å². The zero-order valence-corrected chi connectivity index (χ0v) is 17.7. The molecule has 5 saturated carbocycles. The summed E-state index contributed by atoms with van der Waals surface area (Å²) in [5.74, 6) is 0.527. The minimum absolute atomic E-state index is 0.0496. The van der Waals surface area contributed by atoms with Crippen LogP contribution in [0, 0.1) is 23.2 Å². The van der Waals surface area contributed by atoms with Crippen molar-refractivity contribution in [2.75, 3.05) is 6.61 Å². The van der Waals surface area contributed by atoms with E-state index < -0.39 is 30.6 Å². The summed E-state index contributed by atoms with van der Waals surface area (Å²) in [5.41, 5.74) is -0.334. The summed E-state index contributed by atoms with van der Waals surface area (Å²) in [4.78, 5) is 48.9. The van der Waals surface area contributed by atoms with Crippen molar-refractivity contribution in [2.45, 2.75) is 83.2 Å². The Morgan fingerprint density at radius 2 is 1.53 bits per heavy atom. The van der Waals surface area contributed by atoms with Crippen molar-refractivity contribution in [1.29, 1.82) is 0 Å². The van der Waals surface area contributed by atoms with E-state index in [2.05, 4.69) is 16.0 Å². The molecule has 0 saturated heterocycles. The predicted molar refractivity (Wildman–Crippen MR) is 108 cm³/mol. The topological polar surface area (TPSA) is 114 Å². The number of amides is 4. The van der Waals surface area contributed by atoms with Crippen LogP contribution in [0.15, 0.2) is 0 Å². The third kappa shape index (κ3) is 4.62. The molecule has 0 aromatic rings. The van der Waals surface area contributed by atoms with Crippen molar-refractivity contribution in [3.05, 3.63) is 0 Å². The molecule has 5 fully saturated rings. The van der Waals surface area contributed by atoms with Gasteiger partial charge in [0.15, 0.2) is 6.61 Å². The van der Waals surface area contributed by atoms with Crippen LogP contribution in [0.3, 0.4) is 0 Å². The molecule has 1 atom stereocenters. The van der Waals surface area contributed by atoms with Gasteiger partial charge in [-0.05, 0) is 76.0 Å². The minimum atomic E-state index is -0.828. The van der Waals surface area contributed by atoms with Crippen LogP contribution in [0.4, 0.5) is 4.79 Å². The van der Waals surface area contributed by atoms with Gasteiger partial charge >= 0.3 is 12.0 Å². The lowest BCUT2D eigenvalue weighted by Gasteiger charge is -2.55. The normalized spacial score (nSPS) is 33.0. The second kappa shape index (κ2) is 8.55. The van der Waals surface area contributed by atoms with Crippen molar-refractivity contribution in [3.63, 3.8) is 0 Å². The zero-order valence-electron chi connectivity index (χ0n) is 17.7. The Labute approximate surface area is 177 Å². The van der Waals surface area contributed by atoms with E-state index in [0.717, 1.165) is 44.9 Å². The molecule has 30 heavy (non-hydrogen) atoms. The molecule has 0 aliphatic heterocycles. The van der Waals surface area contributed by atoms with Gasteiger partial charge in [-0.1, -0.05) is 12.8 Å². The molecule has 0 radical (unpaired) electrons. The standard InChI is InChI=1S/C22H33N3O5/c1-13(19(27)30-12-18(26)25-21(29)24-17-4-2-3-5-17)23-20(28)22-9-14-6-15(10-22)8-16(7-14)11-22/h13-17H,2-12H2,1H3,(H,23,28)(H2,24,25,26,29)/t13-,14?,15?,16?,22?/m0/s1.